The summed E-state index contributed by atoms with van der Waals surface area (Å²) in [7, 11) is 0. The van der Waals surface area contributed by atoms with Gasteiger partial charge in [-0.1, -0.05) is 19.8 Å². The monoisotopic (exact) mass is 211 g/mol. The van der Waals surface area contributed by atoms with E-state index in [9.17, 15) is 0 Å². The number of hydrogen-bond acceptors (Lipinski definition) is 0. The van der Waals surface area contributed by atoms with Crippen molar-refractivity contribution in [2.45, 2.75) is 24.1 Å². The van der Waals surface area contributed by atoms with Crippen molar-refractivity contribution in [1.82, 2.24) is 0 Å². The third kappa shape index (κ3) is 10.2. The second-order valence-corrected chi connectivity index (χ2v) is 2.66. The van der Waals surface area contributed by atoms with Gasteiger partial charge in [-0.3, -0.25) is 0 Å². The first-order chi connectivity index (χ1) is 3.27. The summed E-state index contributed by atoms with van der Waals surface area (Å²) < 4.78 is 0. The van der Waals surface area contributed by atoms with Crippen LogP contribution in [0.3, 0.4) is 0 Å². The zero-order valence-electron chi connectivity index (χ0n) is 4.16. The average Bonchev–Trinajstić information content (AvgIpc) is 1.61. The van der Waals surface area contributed by atoms with Crippen molar-refractivity contribution in [3.63, 3.8) is 0 Å². The van der Waals surface area contributed by atoms with Crippen molar-refractivity contribution in [2.24, 2.45) is 0 Å². The molecule has 0 spiro atoms. The van der Waals surface area contributed by atoms with E-state index in [1.807, 2.05) is 0 Å². The Kier molecular flexibility index (Phi) is 12.3. The van der Waals surface area contributed by atoms with Gasteiger partial charge in [-0.2, -0.15) is 0 Å². The van der Waals surface area contributed by atoms with Gasteiger partial charge < -0.3 is 0 Å². The SMILES string of the molecule is [CH2]CCCC(Cl)Cl.[GaH3]. The van der Waals surface area contributed by atoms with Gasteiger partial charge in [0.1, 0.15) is 4.84 Å². The van der Waals surface area contributed by atoms with Crippen LogP contribution in [-0.4, -0.2) is 24.6 Å². The first-order valence-corrected chi connectivity index (χ1v) is 3.22. The van der Waals surface area contributed by atoms with Gasteiger partial charge >= 0.3 is 19.8 Å². The van der Waals surface area contributed by atoms with Crippen LogP contribution in [0.1, 0.15) is 19.3 Å². The molecule has 0 aromatic carbocycles. The fourth-order valence-corrected chi connectivity index (χ4v) is 0.607. The van der Waals surface area contributed by atoms with Gasteiger partial charge in [0.25, 0.3) is 0 Å². The van der Waals surface area contributed by atoms with Crippen molar-refractivity contribution >= 4 is 43.0 Å². The summed E-state index contributed by atoms with van der Waals surface area (Å²) in [6, 6.07) is 0. The van der Waals surface area contributed by atoms with Crippen molar-refractivity contribution in [2.75, 3.05) is 0 Å². The van der Waals surface area contributed by atoms with Crippen LogP contribution in [0.2, 0.25) is 0 Å². The Morgan fingerprint density at radius 3 is 2.00 bits per heavy atom. The van der Waals surface area contributed by atoms with Crippen LogP contribution in [-0.2, 0) is 0 Å². The molecule has 0 aliphatic rings. The molecule has 0 nitrogen and oxygen atoms in total. The van der Waals surface area contributed by atoms with Crippen molar-refractivity contribution in [3.05, 3.63) is 6.92 Å². The fourth-order valence-electron chi connectivity index (χ4n) is 0.299. The van der Waals surface area contributed by atoms with Gasteiger partial charge in [-0.15, -0.1) is 23.2 Å². The summed E-state index contributed by atoms with van der Waals surface area (Å²) in [4.78, 5) is -0.193. The van der Waals surface area contributed by atoms with Crippen molar-refractivity contribution in [3.8, 4) is 0 Å². The summed E-state index contributed by atoms with van der Waals surface area (Å²) in [5.41, 5.74) is 0. The maximum absolute atomic E-state index is 5.39. The molecule has 1 radical (unpaired) electrons. The van der Waals surface area contributed by atoms with Gasteiger partial charge in [-0.25, -0.2) is 0 Å². The summed E-state index contributed by atoms with van der Waals surface area (Å²) in [5, 5.41) is 0. The summed E-state index contributed by atoms with van der Waals surface area (Å²) in [6.45, 7) is 3.64. The zero-order valence-corrected chi connectivity index (χ0v) is 5.67. The van der Waals surface area contributed by atoms with E-state index < -0.39 is 0 Å². The topological polar surface area (TPSA) is 0 Å². The van der Waals surface area contributed by atoms with Gasteiger partial charge in [-0.05, 0) is 6.42 Å². The number of hydrogen-bond donors (Lipinski definition) is 0. The molecule has 0 unspecified atom stereocenters. The Hall–Kier alpha value is 1.22. The summed E-state index contributed by atoms with van der Waals surface area (Å²) >= 11 is 10.8. The maximum atomic E-state index is 5.39. The first-order valence-electron chi connectivity index (χ1n) is 2.34. The minimum absolute atomic E-state index is 0. The van der Waals surface area contributed by atoms with E-state index in [4.69, 9.17) is 23.2 Å². The molecular formula is C5H12Cl2Ga. The molecule has 0 aliphatic heterocycles. The molecule has 49 valence electrons. The van der Waals surface area contributed by atoms with Crippen LogP contribution >= 0.6 is 23.2 Å². The molecule has 0 saturated heterocycles. The Labute approximate surface area is 74.0 Å². The predicted octanol–water partition coefficient (Wildman–Crippen LogP) is 1.61. The molecule has 0 amide bonds. The Morgan fingerprint density at radius 2 is 1.88 bits per heavy atom. The summed E-state index contributed by atoms with van der Waals surface area (Å²) in [5.74, 6) is 0. The first kappa shape index (κ1) is 11.9. The van der Waals surface area contributed by atoms with E-state index >= 15 is 0 Å². The molecule has 3 heteroatoms. The Morgan fingerprint density at radius 1 is 1.38 bits per heavy atom. The molecule has 0 fully saturated rings. The number of unbranched alkanes of at least 4 members (excludes halogenated alkanes) is 1. The molecule has 0 aromatic rings. The molecule has 0 aromatic heterocycles. The van der Waals surface area contributed by atoms with Gasteiger partial charge in [0.15, 0.2) is 0 Å². The van der Waals surface area contributed by atoms with Crippen LogP contribution < -0.4 is 0 Å². The third-order valence-electron chi connectivity index (χ3n) is 0.672. The third-order valence-corrected chi connectivity index (χ3v) is 1.11. The number of alkyl halides is 2. The minimum atomic E-state index is -0.193. The van der Waals surface area contributed by atoms with Crippen LogP contribution in [0.4, 0.5) is 0 Å². The quantitative estimate of drug-likeness (QED) is 0.493. The number of rotatable bonds is 3. The molecule has 0 heterocycles. The van der Waals surface area contributed by atoms with E-state index in [1.54, 1.807) is 0 Å². The molecule has 0 N–H and O–H groups in total. The van der Waals surface area contributed by atoms with Crippen LogP contribution in [0.15, 0.2) is 0 Å². The molecule has 0 aliphatic carbocycles. The van der Waals surface area contributed by atoms with Gasteiger partial charge in [0.2, 0.25) is 0 Å². The molecule has 0 bridgehead atoms. The van der Waals surface area contributed by atoms with Gasteiger partial charge in [0.05, 0.1) is 0 Å². The molecular weight excluding hydrogens is 201 g/mol. The van der Waals surface area contributed by atoms with Gasteiger partial charge in [0, 0.05) is 0 Å². The molecule has 0 rings (SSSR count). The normalized spacial score (nSPS) is 9.00. The van der Waals surface area contributed by atoms with Crippen LogP contribution in [0.25, 0.3) is 0 Å². The predicted molar refractivity (Wildman–Crippen MR) is 44.6 cm³/mol. The molecule has 0 saturated carbocycles. The van der Waals surface area contributed by atoms with E-state index in [2.05, 4.69) is 6.92 Å². The van der Waals surface area contributed by atoms with E-state index in [0.717, 1.165) is 19.3 Å². The summed E-state index contributed by atoms with van der Waals surface area (Å²) in [6.07, 6.45) is 2.82. The van der Waals surface area contributed by atoms with Crippen LogP contribution in [0.5, 0.6) is 0 Å². The Bertz CT molecular complexity index is 39.4. The number of halogens is 2. The van der Waals surface area contributed by atoms with E-state index in [1.165, 1.54) is 0 Å². The molecule has 8 heavy (non-hydrogen) atoms. The van der Waals surface area contributed by atoms with Crippen LogP contribution in [0, 0.1) is 6.92 Å². The van der Waals surface area contributed by atoms with E-state index in [-0.39, 0.29) is 24.6 Å². The van der Waals surface area contributed by atoms with E-state index in [0.29, 0.717) is 0 Å². The Balaban J connectivity index is 0. The molecule has 0 atom stereocenters. The fraction of sp³-hybridized carbons (Fsp3) is 0.800. The van der Waals surface area contributed by atoms with Crippen molar-refractivity contribution < 1.29 is 0 Å². The zero-order chi connectivity index (χ0) is 5.70. The average molecular weight is 213 g/mol. The second-order valence-electron chi connectivity index (χ2n) is 1.39. The second kappa shape index (κ2) is 8.22. The standard InChI is InChI=1S/C5H9Cl2.Ga.3H/c1-2-3-4-5(6)7;;;;/h5H,1-4H2;;;;. The van der Waals surface area contributed by atoms with Crippen molar-refractivity contribution in [1.29, 1.82) is 0 Å².